The number of amides is 2. The first-order valence-electron chi connectivity index (χ1n) is 15.3. The Labute approximate surface area is 262 Å². The first kappa shape index (κ1) is 31.7. The minimum atomic E-state index is -0.938. The van der Waals surface area contributed by atoms with Gasteiger partial charge in [-0.2, -0.15) is 0 Å². The van der Waals surface area contributed by atoms with Crippen LogP contribution in [0.5, 0.6) is 0 Å². The third-order valence-electron chi connectivity index (χ3n) is 8.28. The molecule has 3 N–H and O–H groups in total. The molecular weight excluding hydrogens is 570 g/mol. The van der Waals surface area contributed by atoms with Gasteiger partial charge in [0.25, 0.3) is 0 Å². The van der Waals surface area contributed by atoms with Gasteiger partial charge in [-0.15, -0.1) is 0 Å². The normalized spacial score (nSPS) is 17.6. The van der Waals surface area contributed by atoms with Crippen molar-refractivity contribution >= 4 is 34.5 Å². The molecule has 0 spiro atoms. The highest BCUT2D eigenvalue weighted by Crippen LogP contribution is 2.30. The summed E-state index contributed by atoms with van der Waals surface area (Å²) >= 11 is 0. The van der Waals surface area contributed by atoms with Gasteiger partial charge in [-0.3, -0.25) is 14.4 Å². The van der Waals surface area contributed by atoms with Crippen LogP contribution in [0.3, 0.4) is 0 Å². The van der Waals surface area contributed by atoms with Crippen LogP contribution >= 0.6 is 0 Å². The lowest BCUT2D eigenvalue weighted by atomic mass is 9.89. The Morgan fingerprint density at radius 3 is 2.18 bits per heavy atom. The molecule has 0 bridgehead atoms. The molecule has 0 radical (unpaired) electrons. The Balaban J connectivity index is 1.33. The lowest BCUT2D eigenvalue weighted by molar-refractivity contribution is -0.134. The van der Waals surface area contributed by atoms with Crippen molar-refractivity contribution < 1.29 is 28.7 Å². The summed E-state index contributed by atoms with van der Waals surface area (Å²) in [5.41, 5.74) is 2.58. The number of H-pyrrole nitrogens is 1. The van der Waals surface area contributed by atoms with Gasteiger partial charge in [0.15, 0.2) is 11.6 Å². The largest absolute Gasteiger partial charge is 0.445 e. The van der Waals surface area contributed by atoms with Crippen molar-refractivity contribution in [3.63, 3.8) is 0 Å². The number of ketones is 2. The molecule has 0 saturated carbocycles. The van der Waals surface area contributed by atoms with Crippen LogP contribution in [0.25, 0.3) is 10.9 Å². The van der Waals surface area contributed by atoms with Gasteiger partial charge >= 0.3 is 6.09 Å². The second-order valence-corrected chi connectivity index (χ2v) is 11.7. The molecule has 9 heteroatoms. The van der Waals surface area contributed by atoms with Gasteiger partial charge in [0.05, 0.1) is 18.7 Å². The Bertz CT molecular complexity index is 1630. The molecule has 4 aromatic rings. The summed E-state index contributed by atoms with van der Waals surface area (Å²) in [5.74, 6) is -1.70. The molecule has 4 atom stereocenters. The zero-order valence-corrected chi connectivity index (χ0v) is 25.6. The first-order chi connectivity index (χ1) is 21.8. The Morgan fingerprint density at radius 2 is 1.51 bits per heavy atom. The van der Waals surface area contributed by atoms with Crippen LogP contribution in [0.15, 0.2) is 91.1 Å². The van der Waals surface area contributed by atoms with E-state index < -0.39 is 35.6 Å². The van der Waals surface area contributed by atoms with E-state index in [1.807, 2.05) is 91.1 Å². The van der Waals surface area contributed by atoms with Crippen LogP contribution in [0.1, 0.15) is 43.4 Å². The fraction of sp³-hybridized carbons (Fsp3) is 0.333. The number of Topliss-reactive ketones (excluding diaryl/α,β-unsaturated/α-hetero) is 2. The van der Waals surface area contributed by atoms with Gasteiger partial charge in [-0.1, -0.05) is 85.8 Å². The van der Waals surface area contributed by atoms with Crippen LogP contribution in [-0.4, -0.2) is 52.8 Å². The lowest BCUT2D eigenvalue weighted by Gasteiger charge is -2.24. The van der Waals surface area contributed by atoms with Crippen LogP contribution in [-0.2, 0) is 43.3 Å². The number of para-hydroxylation sites is 1. The molecule has 1 fully saturated rings. The Kier molecular flexibility index (Phi) is 10.1. The van der Waals surface area contributed by atoms with E-state index >= 15 is 0 Å². The van der Waals surface area contributed by atoms with Crippen molar-refractivity contribution in [1.82, 2.24) is 15.6 Å². The third kappa shape index (κ3) is 8.25. The maximum absolute atomic E-state index is 14.0. The SMILES string of the molecule is CC[C@@H](NC(=O)OCc1ccccc1)C(=O)CC(Cc1c[nH]c2ccccc12)C(=O)NC(Cc1ccccc1)C(=O)[C@@]1(C)CO1. The van der Waals surface area contributed by atoms with Gasteiger partial charge < -0.3 is 25.1 Å². The molecule has 3 aromatic carbocycles. The van der Waals surface area contributed by atoms with Crippen LogP contribution in [0.2, 0.25) is 0 Å². The van der Waals surface area contributed by atoms with E-state index in [4.69, 9.17) is 9.47 Å². The summed E-state index contributed by atoms with van der Waals surface area (Å²) in [6.07, 6.45) is 1.88. The molecule has 2 unspecified atom stereocenters. The number of epoxide rings is 1. The zero-order chi connectivity index (χ0) is 31.8. The van der Waals surface area contributed by atoms with E-state index in [-0.39, 0.29) is 31.0 Å². The van der Waals surface area contributed by atoms with E-state index in [1.54, 1.807) is 13.8 Å². The third-order valence-corrected chi connectivity index (χ3v) is 8.28. The molecule has 9 nitrogen and oxygen atoms in total. The van der Waals surface area contributed by atoms with Crippen molar-refractivity contribution in [1.29, 1.82) is 0 Å². The van der Waals surface area contributed by atoms with E-state index in [2.05, 4.69) is 15.6 Å². The van der Waals surface area contributed by atoms with Gasteiger partial charge in [0.2, 0.25) is 5.91 Å². The number of ether oxygens (including phenoxy) is 2. The molecule has 2 heterocycles. The first-order valence-corrected chi connectivity index (χ1v) is 15.3. The fourth-order valence-electron chi connectivity index (χ4n) is 5.49. The number of carbonyl (C=O) groups excluding carboxylic acids is 4. The van der Waals surface area contributed by atoms with Gasteiger partial charge in [0, 0.05) is 29.4 Å². The van der Waals surface area contributed by atoms with Crippen LogP contribution < -0.4 is 10.6 Å². The number of rotatable bonds is 15. The van der Waals surface area contributed by atoms with Crippen molar-refractivity contribution in [2.45, 2.75) is 63.8 Å². The Morgan fingerprint density at radius 1 is 0.867 bits per heavy atom. The maximum atomic E-state index is 14.0. The molecule has 5 rings (SSSR count). The highest BCUT2D eigenvalue weighted by atomic mass is 16.6. The molecular formula is C36H39N3O6. The number of alkyl carbamates (subject to hydrolysis) is 1. The second kappa shape index (κ2) is 14.3. The van der Waals surface area contributed by atoms with E-state index in [9.17, 15) is 19.2 Å². The number of carbonyl (C=O) groups is 4. The number of nitrogens with one attached hydrogen (secondary N) is 3. The van der Waals surface area contributed by atoms with Crippen LogP contribution in [0.4, 0.5) is 4.79 Å². The summed E-state index contributed by atoms with van der Waals surface area (Å²) in [5, 5.41) is 6.59. The molecule has 1 aliphatic heterocycles. The summed E-state index contributed by atoms with van der Waals surface area (Å²) in [7, 11) is 0. The number of benzene rings is 3. The quantitative estimate of drug-likeness (QED) is 0.161. The van der Waals surface area contributed by atoms with Gasteiger partial charge in [-0.25, -0.2) is 4.79 Å². The molecule has 45 heavy (non-hydrogen) atoms. The smallest absolute Gasteiger partial charge is 0.408 e. The van der Waals surface area contributed by atoms with Crippen molar-refractivity contribution in [2.24, 2.45) is 5.92 Å². The molecule has 1 aliphatic rings. The minimum Gasteiger partial charge on any atom is -0.445 e. The summed E-state index contributed by atoms with van der Waals surface area (Å²) < 4.78 is 10.8. The average Bonchev–Trinajstić information content (AvgIpc) is 3.69. The van der Waals surface area contributed by atoms with E-state index in [0.717, 1.165) is 27.6 Å². The van der Waals surface area contributed by atoms with Crippen molar-refractivity contribution in [3.05, 3.63) is 108 Å². The van der Waals surface area contributed by atoms with E-state index in [1.165, 1.54) is 0 Å². The summed E-state index contributed by atoms with van der Waals surface area (Å²) in [6, 6.07) is 24.8. The second-order valence-electron chi connectivity index (χ2n) is 11.7. The lowest BCUT2D eigenvalue weighted by Crippen LogP contribution is -2.50. The molecule has 234 valence electrons. The average molecular weight is 610 g/mol. The van der Waals surface area contributed by atoms with E-state index in [0.29, 0.717) is 19.4 Å². The summed E-state index contributed by atoms with van der Waals surface area (Å²) in [4.78, 5) is 56.9. The highest BCUT2D eigenvalue weighted by Gasteiger charge is 2.50. The van der Waals surface area contributed by atoms with Gasteiger partial charge in [-0.05, 0) is 48.9 Å². The predicted molar refractivity (Wildman–Crippen MR) is 170 cm³/mol. The number of fused-ring (bicyclic) bond motifs is 1. The highest BCUT2D eigenvalue weighted by molar-refractivity contribution is 5.98. The maximum Gasteiger partial charge on any atom is 0.408 e. The standard InChI is InChI=1S/C36H39N3O6/c1-3-29(39-35(43)44-22-25-14-8-5-9-15-25)32(40)20-26(19-27-21-37-30-17-11-10-16-28(27)30)34(42)38-31(33(41)36(2)23-45-36)18-24-12-6-4-7-13-24/h4-17,21,26,29,31,37H,3,18-20,22-23H2,1-2H3,(H,38,42)(H,39,43)/t26?,29-,31?,36-/m1/s1. The van der Waals surface area contributed by atoms with Gasteiger partial charge in [0.1, 0.15) is 12.2 Å². The van der Waals surface area contributed by atoms with Crippen molar-refractivity contribution in [2.75, 3.05) is 6.61 Å². The Hall–Kier alpha value is -4.76. The predicted octanol–water partition coefficient (Wildman–Crippen LogP) is 5.08. The molecule has 2 amide bonds. The molecule has 1 aromatic heterocycles. The number of hydrogen-bond donors (Lipinski definition) is 3. The monoisotopic (exact) mass is 609 g/mol. The summed E-state index contributed by atoms with van der Waals surface area (Å²) in [6.45, 7) is 3.89. The van der Waals surface area contributed by atoms with Crippen LogP contribution in [0, 0.1) is 5.92 Å². The number of hydrogen-bond acceptors (Lipinski definition) is 6. The number of aromatic amines is 1. The molecule has 1 saturated heterocycles. The zero-order valence-electron chi connectivity index (χ0n) is 25.6. The topological polar surface area (TPSA) is 130 Å². The minimum absolute atomic E-state index is 0.0718. The fourth-order valence-corrected chi connectivity index (χ4v) is 5.49. The van der Waals surface area contributed by atoms with Crippen molar-refractivity contribution in [3.8, 4) is 0 Å². The number of aromatic nitrogens is 1. The molecule has 0 aliphatic carbocycles.